The van der Waals surface area contributed by atoms with Crippen LogP contribution in [0.2, 0.25) is 0 Å². The van der Waals surface area contributed by atoms with E-state index < -0.39 is 0 Å². The molecule has 0 atom stereocenters. The van der Waals surface area contributed by atoms with Gasteiger partial charge in [-0.3, -0.25) is 9.69 Å². The van der Waals surface area contributed by atoms with Crippen LogP contribution in [-0.4, -0.2) is 30.3 Å². The number of carbonyl (C=O) groups excluding carboxylic acids is 1. The topological polar surface area (TPSA) is 20.3 Å². The predicted molar refractivity (Wildman–Crippen MR) is 72.9 cm³/mol. The monoisotopic (exact) mass is 271 g/mol. The van der Waals surface area contributed by atoms with Crippen molar-refractivity contribution in [3.05, 3.63) is 35.6 Å². The molecule has 1 fully saturated rings. The van der Waals surface area contributed by atoms with Crippen LogP contribution >= 0.6 is 12.4 Å². The molecule has 1 heterocycles. The minimum Gasteiger partial charge on any atom is -0.296 e. The Morgan fingerprint density at radius 2 is 1.61 bits per heavy atom. The Labute approximate surface area is 114 Å². The summed E-state index contributed by atoms with van der Waals surface area (Å²) in [5, 5.41) is 0. The number of likely N-dealkylation sites (tertiary alicyclic amines) is 1. The molecule has 100 valence electrons. The van der Waals surface area contributed by atoms with Crippen LogP contribution in [0.5, 0.6) is 0 Å². The smallest absolute Gasteiger partial charge is 0.176 e. The molecule has 0 aliphatic carbocycles. The minimum absolute atomic E-state index is 0. The van der Waals surface area contributed by atoms with Gasteiger partial charge in [0.25, 0.3) is 0 Å². The van der Waals surface area contributed by atoms with Crippen LogP contribution in [-0.2, 0) is 0 Å². The standard InChI is InChI=1S/C14H18FNO.ClH/c15-13-7-5-12(6-8-13)14(17)11-16-9-3-1-2-4-10-16;/h5-8H,1-4,9-11H2;1H. The molecule has 1 aromatic carbocycles. The summed E-state index contributed by atoms with van der Waals surface area (Å²) >= 11 is 0. The van der Waals surface area contributed by atoms with Crippen molar-refractivity contribution < 1.29 is 9.18 Å². The Kier molecular flexibility index (Phi) is 6.30. The minimum atomic E-state index is -0.295. The number of benzene rings is 1. The van der Waals surface area contributed by atoms with Crippen molar-refractivity contribution in [2.45, 2.75) is 25.7 Å². The fourth-order valence-corrected chi connectivity index (χ4v) is 2.22. The lowest BCUT2D eigenvalue weighted by atomic mass is 10.1. The van der Waals surface area contributed by atoms with E-state index in [2.05, 4.69) is 4.90 Å². The first-order chi connectivity index (χ1) is 8.25. The van der Waals surface area contributed by atoms with Crippen molar-refractivity contribution in [1.29, 1.82) is 0 Å². The maximum atomic E-state index is 12.7. The summed E-state index contributed by atoms with van der Waals surface area (Å²) in [5.41, 5.74) is 0.607. The van der Waals surface area contributed by atoms with Crippen LogP contribution in [0.4, 0.5) is 4.39 Å². The summed E-state index contributed by atoms with van der Waals surface area (Å²) in [6, 6.07) is 5.82. The zero-order valence-electron chi connectivity index (χ0n) is 10.4. The van der Waals surface area contributed by atoms with Gasteiger partial charge in [-0.25, -0.2) is 4.39 Å². The van der Waals surface area contributed by atoms with Crippen molar-refractivity contribution in [3.63, 3.8) is 0 Å². The number of Topliss-reactive ketones (excluding diaryl/α,β-unsaturated/α-hetero) is 1. The van der Waals surface area contributed by atoms with E-state index in [4.69, 9.17) is 0 Å². The van der Waals surface area contributed by atoms with Gasteiger partial charge in [0.2, 0.25) is 0 Å². The number of nitrogens with zero attached hydrogens (tertiary/aromatic N) is 1. The van der Waals surface area contributed by atoms with Crippen LogP contribution in [0, 0.1) is 5.82 Å². The molecule has 0 unspecified atom stereocenters. The molecule has 0 saturated carbocycles. The predicted octanol–water partition coefficient (Wildman–Crippen LogP) is 3.31. The van der Waals surface area contributed by atoms with E-state index in [-0.39, 0.29) is 24.0 Å². The largest absolute Gasteiger partial charge is 0.296 e. The van der Waals surface area contributed by atoms with Gasteiger partial charge in [0, 0.05) is 5.56 Å². The maximum Gasteiger partial charge on any atom is 0.176 e. The normalized spacial score (nSPS) is 16.7. The molecule has 2 rings (SSSR count). The van der Waals surface area contributed by atoms with Gasteiger partial charge in [0.15, 0.2) is 5.78 Å². The van der Waals surface area contributed by atoms with Crippen LogP contribution in [0.3, 0.4) is 0 Å². The third-order valence-corrected chi connectivity index (χ3v) is 3.23. The summed E-state index contributed by atoms with van der Waals surface area (Å²) in [7, 11) is 0. The third-order valence-electron chi connectivity index (χ3n) is 3.23. The van der Waals surface area contributed by atoms with E-state index in [1.807, 2.05) is 0 Å². The van der Waals surface area contributed by atoms with E-state index in [0.29, 0.717) is 12.1 Å². The van der Waals surface area contributed by atoms with Crippen molar-refractivity contribution in [1.82, 2.24) is 4.90 Å². The van der Waals surface area contributed by atoms with E-state index in [1.54, 1.807) is 12.1 Å². The highest BCUT2D eigenvalue weighted by Crippen LogP contribution is 2.11. The first-order valence-corrected chi connectivity index (χ1v) is 6.27. The summed E-state index contributed by atoms with van der Waals surface area (Å²) < 4.78 is 12.7. The van der Waals surface area contributed by atoms with Crippen LogP contribution in [0.15, 0.2) is 24.3 Å². The SMILES string of the molecule is Cl.O=C(CN1CCCCCC1)c1ccc(F)cc1. The van der Waals surface area contributed by atoms with Gasteiger partial charge in [-0.15, -0.1) is 12.4 Å². The third kappa shape index (κ3) is 4.39. The molecule has 1 saturated heterocycles. The van der Waals surface area contributed by atoms with Gasteiger partial charge in [-0.2, -0.15) is 0 Å². The molecule has 0 N–H and O–H groups in total. The van der Waals surface area contributed by atoms with Crippen molar-refractivity contribution >= 4 is 18.2 Å². The van der Waals surface area contributed by atoms with Gasteiger partial charge < -0.3 is 0 Å². The molecule has 0 aromatic heterocycles. The number of hydrogen-bond donors (Lipinski definition) is 0. The van der Waals surface area contributed by atoms with Crippen LogP contribution in [0.1, 0.15) is 36.0 Å². The Morgan fingerprint density at radius 1 is 1.06 bits per heavy atom. The first kappa shape index (κ1) is 15.1. The molecule has 1 aliphatic heterocycles. The van der Waals surface area contributed by atoms with E-state index in [1.165, 1.54) is 37.8 Å². The number of carbonyl (C=O) groups is 1. The molecule has 1 aromatic rings. The second kappa shape index (κ2) is 7.49. The lowest BCUT2D eigenvalue weighted by Crippen LogP contribution is -2.30. The van der Waals surface area contributed by atoms with Gasteiger partial charge in [0.1, 0.15) is 5.82 Å². The molecule has 0 spiro atoms. The summed E-state index contributed by atoms with van der Waals surface area (Å²) in [6.45, 7) is 2.48. The van der Waals surface area contributed by atoms with Gasteiger partial charge in [0.05, 0.1) is 6.54 Å². The van der Waals surface area contributed by atoms with E-state index in [9.17, 15) is 9.18 Å². The lowest BCUT2D eigenvalue weighted by Gasteiger charge is -2.18. The molecule has 4 heteroatoms. The average molecular weight is 272 g/mol. The van der Waals surface area contributed by atoms with Crippen LogP contribution < -0.4 is 0 Å². The highest BCUT2D eigenvalue weighted by atomic mass is 35.5. The van der Waals surface area contributed by atoms with Crippen molar-refractivity contribution in [3.8, 4) is 0 Å². The number of ketones is 1. The fraction of sp³-hybridized carbons (Fsp3) is 0.500. The fourth-order valence-electron chi connectivity index (χ4n) is 2.22. The Hall–Kier alpha value is -0.930. The second-order valence-electron chi connectivity index (χ2n) is 4.62. The summed E-state index contributed by atoms with van der Waals surface area (Å²) in [6.07, 6.45) is 4.88. The van der Waals surface area contributed by atoms with Crippen molar-refractivity contribution in [2.75, 3.05) is 19.6 Å². The molecule has 2 nitrogen and oxygen atoms in total. The Morgan fingerprint density at radius 3 is 2.17 bits per heavy atom. The zero-order valence-corrected chi connectivity index (χ0v) is 11.2. The number of halogens is 2. The molecule has 18 heavy (non-hydrogen) atoms. The summed E-state index contributed by atoms with van der Waals surface area (Å²) in [4.78, 5) is 14.2. The van der Waals surface area contributed by atoms with Gasteiger partial charge in [-0.1, -0.05) is 12.8 Å². The lowest BCUT2D eigenvalue weighted by molar-refractivity contribution is 0.0933. The highest BCUT2D eigenvalue weighted by molar-refractivity contribution is 5.97. The zero-order chi connectivity index (χ0) is 12.1. The number of hydrogen-bond acceptors (Lipinski definition) is 2. The Balaban J connectivity index is 0.00000162. The van der Waals surface area contributed by atoms with Gasteiger partial charge >= 0.3 is 0 Å². The first-order valence-electron chi connectivity index (χ1n) is 6.27. The van der Waals surface area contributed by atoms with E-state index in [0.717, 1.165) is 13.1 Å². The average Bonchev–Trinajstić information content (AvgIpc) is 2.58. The summed E-state index contributed by atoms with van der Waals surface area (Å²) in [5.74, 6) is -0.205. The van der Waals surface area contributed by atoms with Gasteiger partial charge in [-0.05, 0) is 50.2 Å². The molecule has 1 aliphatic rings. The maximum absolute atomic E-state index is 12.7. The van der Waals surface area contributed by atoms with E-state index >= 15 is 0 Å². The second-order valence-corrected chi connectivity index (χ2v) is 4.62. The Bertz CT molecular complexity index is 372. The molecular weight excluding hydrogens is 253 g/mol. The molecule has 0 bridgehead atoms. The molecule has 0 amide bonds. The van der Waals surface area contributed by atoms with Crippen LogP contribution in [0.25, 0.3) is 0 Å². The molecule has 0 radical (unpaired) electrons. The quantitative estimate of drug-likeness (QED) is 0.786. The number of rotatable bonds is 3. The highest BCUT2D eigenvalue weighted by Gasteiger charge is 2.14. The van der Waals surface area contributed by atoms with Crippen molar-refractivity contribution in [2.24, 2.45) is 0 Å². The molecular formula is C14H19ClFNO.